The average molecular weight is 1380 g/mol. The molecule has 9 heteroatoms. The van der Waals surface area contributed by atoms with Gasteiger partial charge in [-0.05, 0) is 122 Å². The average Bonchev–Trinajstić information content (AvgIpc) is 1.74. The van der Waals surface area contributed by atoms with Crippen LogP contribution in [0.5, 0.6) is 0 Å². The van der Waals surface area contributed by atoms with Crippen molar-refractivity contribution in [3.8, 4) is 67.5 Å². The molecule has 0 amide bonds. The number of rotatable bonds is 6. The SMILES string of the molecule is c1ccc(-c2nc3c(ccc4ccccc43)nc2-c2ccc3ccc4oc5ccccc5c4c3c2)cc1.c1ccc(-c2nc3ccc4ccccc4c3nc2-c2ccc3ccc4sc5ccccc5c4c3c2)cc1.c1ccc(-c2nc3ccccc3nc2-c2ccc3ccc4oc5ccccc5c4c3c2)cc1. The highest BCUT2D eigenvalue weighted by atomic mass is 32.1. The quantitative estimate of drug-likeness (QED) is 0.152. The molecule has 0 saturated heterocycles. The van der Waals surface area contributed by atoms with Crippen molar-refractivity contribution >= 4 is 162 Å². The van der Waals surface area contributed by atoms with E-state index in [1.54, 1.807) is 0 Å². The molecule has 107 heavy (non-hydrogen) atoms. The summed E-state index contributed by atoms with van der Waals surface area (Å²) < 4.78 is 14.9. The van der Waals surface area contributed by atoms with Crippen molar-refractivity contribution in [2.45, 2.75) is 0 Å². The van der Waals surface area contributed by atoms with Crippen LogP contribution in [0, 0.1) is 0 Å². The monoisotopic (exact) mass is 1380 g/mol. The van der Waals surface area contributed by atoms with E-state index in [4.69, 9.17) is 38.7 Å². The van der Waals surface area contributed by atoms with E-state index in [-0.39, 0.29) is 0 Å². The molecule has 0 radical (unpaired) electrons. The van der Waals surface area contributed by atoms with Crippen molar-refractivity contribution in [3.63, 3.8) is 0 Å². The van der Waals surface area contributed by atoms with Crippen molar-refractivity contribution in [1.29, 1.82) is 0 Å². The van der Waals surface area contributed by atoms with Crippen LogP contribution in [0.1, 0.15) is 0 Å². The first-order valence-corrected chi connectivity index (χ1v) is 36.7. The first-order chi connectivity index (χ1) is 53.0. The van der Waals surface area contributed by atoms with E-state index in [2.05, 4.69) is 273 Å². The molecule has 0 saturated carbocycles. The molecule has 0 bridgehead atoms. The van der Waals surface area contributed by atoms with Gasteiger partial charge in [0.1, 0.15) is 22.3 Å². The molecule has 0 N–H and O–H groups in total. The largest absolute Gasteiger partial charge is 0.456 e. The summed E-state index contributed by atoms with van der Waals surface area (Å²) in [5.74, 6) is 0. The van der Waals surface area contributed by atoms with Crippen LogP contribution in [0.15, 0.2) is 361 Å². The summed E-state index contributed by atoms with van der Waals surface area (Å²) in [6.07, 6.45) is 0. The Hall–Kier alpha value is -14.1. The highest BCUT2D eigenvalue weighted by molar-refractivity contribution is 7.26. The number of para-hydroxylation sites is 4. The van der Waals surface area contributed by atoms with E-state index in [9.17, 15) is 0 Å². The molecule has 0 aliphatic rings. The van der Waals surface area contributed by atoms with Gasteiger partial charge in [0.05, 0.1) is 67.3 Å². The smallest absolute Gasteiger partial charge is 0.136 e. The zero-order chi connectivity index (χ0) is 70.5. The third kappa shape index (κ3) is 10.7. The van der Waals surface area contributed by atoms with Crippen LogP contribution in [0.4, 0.5) is 0 Å². The van der Waals surface area contributed by atoms with Gasteiger partial charge < -0.3 is 8.83 Å². The lowest BCUT2D eigenvalue weighted by molar-refractivity contribution is 0.669. The molecular formula is C98H58N6O2S. The van der Waals surface area contributed by atoms with E-state index in [1.165, 1.54) is 47.1 Å². The fraction of sp³-hybridized carbons (Fsp3) is 0. The van der Waals surface area contributed by atoms with Gasteiger partial charge in [-0.3, -0.25) is 0 Å². The van der Waals surface area contributed by atoms with Gasteiger partial charge in [0.2, 0.25) is 0 Å². The van der Waals surface area contributed by atoms with Gasteiger partial charge in [-0.25, -0.2) is 29.9 Å². The fourth-order valence-electron chi connectivity index (χ4n) is 15.6. The lowest BCUT2D eigenvalue weighted by Gasteiger charge is -2.13. The van der Waals surface area contributed by atoms with Crippen molar-refractivity contribution < 1.29 is 8.83 Å². The summed E-state index contributed by atoms with van der Waals surface area (Å²) in [7, 11) is 0. The molecular weight excluding hydrogens is 1330 g/mol. The van der Waals surface area contributed by atoms with Crippen molar-refractivity contribution in [2.24, 2.45) is 0 Å². The van der Waals surface area contributed by atoms with Crippen molar-refractivity contribution in [2.75, 3.05) is 0 Å². The Bertz CT molecular complexity index is 7520. The fourth-order valence-corrected chi connectivity index (χ4v) is 16.8. The molecule has 8 nitrogen and oxygen atoms in total. The van der Waals surface area contributed by atoms with Gasteiger partial charge in [0.15, 0.2) is 0 Å². The van der Waals surface area contributed by atoms with Crippen LogP contribution in [0.3, 0.4) is 0 Å². The maximum absolute atomic E-state index is 6.17. The molecule has 0 unspecified atom stereocenters. The Balaban J connectivity index is 0.000000103. The first kappa shape index (κ1) is 61.5. The van der Waals surface area contributed by atoms with Gasteiger partial charge in [-0.15, -0.1) is 11.3 Å². The highest BCUT2D eigenvalue weighted by Gasteiger charge is 2.22. The van der Waals surface area contributed by atoms with Crippen LogP contribution in [0.2, 0.25) is 0 Å². The summed E-state index contributed by atoms with van der Waals surface area (Å²) in [6, 6.07) is 122. The van der Waals surface area contributed by atoms with Crippen LogP contribution >= 0.6 is 11.3 Å². The minimum absolute atomic E-state index is 0.876. The second kappa shape index (κ2) is 25.4. The van der Waals surface area contributed by atoms with Gasteiger partial charge in [-0.1, -0.05) is 273 Å². The van der Waals surface area contributed by atoms with Gasteiger partial charge >= 0.3 is 0 Å². The van der Waals surface area contributed by atoms with Crippen LogP contribution in [0.25, 0.3) is 219 Å². The Labute approximate surface area is 616 Å². The summed E-state index contributed by atoms with van der Waals surface area (Å²) in [5.41, 5.74) is 20.7. The molecule has 23 rings (SSSR count). The summed E-state index contributed by atoms with van der Waals surface area (Å²) >= 11 is 1.85. The maximum atomic E-state index is 6.17. The molecule has 0 aliphatic heterocycles. The second-order valence-electron chi connectivity index (χ2n) is 27.1. The predicted molar refractivity (Wildman–Crippen MR) is 446 cm³/mol. The topological polar surface area (TPSA) is 104 Å². The number of aromatic nitrogens is 6. The molecule has 0 spiro atoms. The third-order valence-corrected chi connectivity index (χ3v) is 21.9. The summed E-state index contributed by atoms with van der Waals surface area (Å²) in [6.45, 7) is 0. The zero-order valence-electron chi connectivity index (χ0n) is 57.4. The molecule has 0 aliphatic carbocycles. The molecule has 0 atom stereocenters. The first-order valence-electron chi connectivity index (χ1n) is 35.9. The Morgan fingerprint density at radius 3 is 0.991 bits per heavy atom. The number of furan rings is 2. The number of hydrogen-bond donors (Lipinski definition) is 0. The molecule has 6 heterocycles. The minimum atomic E-state index is 0.876. The third-order valence-electron chi connectivity index (χ3n) is 20.7. The van der Waals surface area contributed by atoms with Crippen LogP contribution in [-0.2, 0) is 0 Å². The number of fused-ring (bicyclic) bond motifs is 22. The molecule has 498 valence electrons. The molecule has 23 aromatic rings. The Morgan fingerprint density at radius 1 is 0.187 bits per heavy atom. The molecule has 6 aromatic heterocycles. The van der Waals surface area contributed by atoms with E-state index < -0.39 is 0 Å². The van der Waals surface area contributed by atoms with Gasteiger partial charge in [0, 0.05) is 85.9 Å². The standard InChI is InChI=1S/C34H20N2O.C34H20N2S.C30H18N2O/c1-2-9-23(10-3-1)32-33(35-28-18-16-21-8-4-5-11-25(21)34(28)36-32)24-15-14-22-17-19-30-31(27(22)20-24)26-12-6-7-13-29(26)37-30;1-2-9-23(10-3-1)32-33(36-34-25-11-5-4-8-21(25)16-18-28(34)35-32)24-15-14-22-17-19-30-31(27(22)20-24)26-12-6-7-13-29(26)37-30;1-2-8-20(9-3-1)29-30(32-25-12-6-5-11-24(25)31-29)21-15-14-19-16-17-27-28(23(19)18-21)22-10-4-7-13-26(22)33-27/h2*1-20H;1-18H. The van der Waals surface area contributed by atoms with Gasteiger partial charge in [-0.2, -0.15) is 0 Å². The zero-order valence-corrected chi connectivity index (χ0v) is 58.2. The van der Waals surface area contributed by atoms with Crippen molar-refractivity contribution in [1.82, 2.24) is 29.9 Å². The van der Waals surface area contributed by atoms with Crippen LogP contribution in [-0.4, -0.2) is 29.9 Å². The summed E-state index contributed by atoms with van der Waals surface area (Å²) in [5, 5.41) is 18.9. The van der Waals surface area contributed by atoms with E-state index in [1.807, 2.05) is 90.2 Å². The Kier molecular flexibility index (Phi) is 14.6. The number of thiophene rings is 1. The number of hydrogen-bond acceptors (Lipinski definition) is 9. The highest BCUT2D eigenvalue weighted by Crippen LogP contribution is 2.44. The van der Waals surface area contributed by atoms with E-state index in [0.29, 0.717) is 0 Å². The minimum Gasteiger partial charge on any atom is -0.456 e. The van der Waals surface area contributed by atoms with Crippen LogP contribution < -0.4 is 0 Å². The molecule has 17 aromatic carbocycles. The maximum Gasteiger partial charge on any atom is 0.136 e. The number of nitrogens with zero attached hydrogens (tertiary/aromatic N) is 6. The lowest BCUT2D eigenvalue weighted by Crippen LogP contribution is -1.96. The Morgan fingerprint density at radius 2 is 0.514 bits per heavy atom. The second-order valence-corrected chi connectivity index (χ2v) is 28.2. The van der Waals surface area contributed by atoms with Gasteiger partial charge in [0.25, 0.3) is 0 Å². The normalized spacial score (nSPS) is 11.7. The van der Waals surface area contributed by atoms with E-state index in [0.717, 1.165) is 171 Å². The lowest BCUT2D eigenvalue weighted by atomic mass is 9.97. The summed E-state index contributed by atoms with van der Waals surface area (Å²) in [4.78, 5) is 31.1. The van der Waals surface area contributed by atoms with E-state index >= 15 is 0 Å². The molecule has 0 fully saturated rings. The predicted octanol–water partition coefficient (Wildman–Crippen LogP) is 26.8. The number of benzene rings is 17. The van der Waals surface area contributed by atoms with Crippen molar-refractivity contribution in [3.05, 3.63) is 352 Å².